The molecule has 0 aliphatic rings. The average Bonchev–Trinajstić information content (AvgIpc) is 3.21. The quantitative estimate of drug-likeness (QED) is 0.178. The second-order valence-electron chi connectivity index (χ2n) is 6.42. The van der Waals surface area contributed by atoms with Crippen molar-refractivity contribution in [3.63, 3.8) is 0 Å². The van der Waals surface area contributed by atoms with Gasteiger partial charge in [0.25, 0.3) is 11.6 Å². The summed E-state index contributed by atoms with van der Waals surface area (Å²) in [5.41, 5.74) is 1.48. The lowest BCUT2D eigenvalue weighted by atomic mass is 10.0. The van der Waals surface area contributed by atoms with Gasteiger partial charge < -0.3 is 10.1 Å². The second-order valence-corrected chi connectivity index (χ2v) is 7.30. The Bertz CT molecular complexity index is 1240. The fourth-order valence-corrected chi connectivity index (χ4v) is 3.85. The van der Waals surface area contributed by atoms with Crippen LogP contribution < -0.4 is 5.32 Å². The van der Waals surface area contributed by atoms with Crippen molar-refractivity contribution in [2.75, 3.05) is 11.9 Å². The molecule has 160 valence electrons. The molecule has 1 N–H and O–H groups in total. The van der Waals surface area contributed by atoms with Crippen LogP contribution in [0.4, 0.5) is 10.7 Å². The number of hydrogen-bond donors (Lipinski definition) is 1. The summed E-state index contributed by atoms with van der Waals surface area (Å²) in [4.78, 5) is 35.8. The van der Waals surface area contributed by atoms with Gasteiger partial charge in [-0.1, -0.05) is 42.5 Å². The number of nitrogens with one attached hydrogen (secondary N) is 1. The Morgan fingerprint density at radius 2 is 1.97 bits per heavy atom. The van der Waals surface area contributed by atoms with Crippen molar-refractivity contribution in [2.24, 2.45) is 0 Å². The Morgan fingerprint density at radius 1 is 1.22 bits per heavy atom. The van der Waals surface area contributed by atoms with Gasteiger partial charge in [-0.2, -0.15) is 5.26 Å². The molecule has 0 radical (unpaired) electrons. The number of hydrogen-bond acceptors (Lipinski definition) is 7. The van der Waals surface area contributed by atoms with Gasteiger partial charge in [0.05, 0.1) is 11.5 Å². The summed E-state index contributed by atoms with van der Waals surface area (Å²) in [6, 6.07) is 16.5. The van der Waals surface area contributed by atoms with Crippen LogP contribution in [0.1, 0.15) is 22.8 Å². The summed E-state index contributed by atoms with van der Waals surface area (Å²) in [5, 5.41) is 25.0. The first-order valence-corrected chi connectivity index (χ1v) is 10.3. The van der Waals surface area contributed by atoms with Gasteiger partial charge in [0.2, 0.25) is 0 Å². The monoisotopic (exact) mass is 447 g/mol. The zero-order valence-electron chi connectivity index (χ0n) is 16.9. The van der Waals surface area contributed by atoms with E-state index in [2.05, 4.69) is 5.32 Å². The number of rotatable bonds is 7. The van der Waals surface area contributed by atoms with Crippen molar-refractivity contribution >= 4 is 40.0 Å². The third-order valence-electron chi connectivity index (χ3n) is 4.34. The fraction of sp³-hybridized carbons (Fsp3) is 0.0870. The predicted octanol–water partition coefficient (Wildman–Crippen LogP) is 5.05. The van der Waals surface area contributed by atoms with Gasteiger partial charge >= 0.3 is 5.97 Å². The van der Waals surface area contributed by atoms with E-state index < -0.39 is 16.8 Å². The number of carbonyl (C=O) groups excluding carboxylic acids is 2. The number of anilines is 1. The van der Waals surface area contributed by atoms with Gasteiger partial charge in [-0.15, -0.1) is 11.3 Å². The van der Waals surface area contributed by atoms with Crippen LogP contribution in [0, 0.1) is 21.4 Å². The lowest BCUT2D eigenvalue weighted by Crippen LogP contribution is -2.16. The maximum Gasteiger partial charge on any atom is 0.341 e. The number of non-ortho nitro benzene ring substituents is 1. The van der Waals surface area contributed by atoms with E-state index in [0.717, 1.165) is 16.9 Å². The van der Waals surface area contributed by atoms with E-state index in [0.29, 0.717) is 11.1 Å². The van der Waals surface area contributed by atoms with Crippen molar-refractivity contribution in [3.8, 4) is 17.2 Å². The van der Waals surface area contributed by atoms with Crippen molar-refractivity contribution < 1.29 is 19.2 Å². The molecule has 1 amide bonds. The van der Waals surface area contributed by atoms with Gasteiger partial charge in [-0.3, -0.25) is 14.9 Å². The molecular formula is C23H17N3O5S. The van der Waals surface area contributed by atoms with E-state index in [9.17, 15) is 25.0 Å². The molecule has 9 heteroatoms. The normalized spacial score (nSPS) is 10.8. The Hall–Kier alpha value is -4.29. The van der Waals surface area contributed by atoms with Crippen molar-refractivity contribution in [1.29, 1.82) is 5.26 Å². The summed E-state index contributed by atoms with van der Waals surface area (Å²) in [7, 11) is 0. The van der Waals surface area contributed by atoms with E-state index in [1.807, 2.05) is 30.3 Å². The number of benzene rings is 2. The second kappa shape index (κ2) is 10.1. The molecule has 0 aliphatic carbocycles. The van der Waals surface area contributed by atoms with Crippen molar-refractivity contribution in [1.82, 2.24) is 0 Å². The van der Waals surface area contributed by atoms with Gasteiger partial charge in [0.1, 0.15) is 22.2 Å². The molecule has 8 nitrogen and oxygen atoms in total. The topological polar surface area (TPSA) is 122 Å². The van der Waals surface area contributed by atoms with Gasteiger partial charge in [-0.05, 0) is 24.1 Å². The fourth-order valence-electron chi connectivity index (χ4n) is 2.90. The summed E-state index contributed by atoms with van der Waals surface area (Å²) in [6.45, 7) is 1.84. The summed E-state index contributed by atoms with van der Waals surface area (Å²) in [5.74, 6) is -1.34. The third kappa shape index (κ3) is 5.06. The number of carbonyl (C=O) groups is 2. The highest BCUT2D eigenvalue weighted by Crippen LogP contribution is 2.36. The summed E-state index contributed by atoms with van der Waals surface area (Å²) < 4.78 is 5.16. The first kappa shape index (κ1) is 22.4. The zero-order chi connectivity index (χ0) is 23.1. The Balaban J connectivity index is 1.95. The van der Waals surface area contributed by atoms with Crippen LogP contribution in [0.15, 0.2) is 65.6 Å². The highest BCUT2D eigenvalue weighted by molar-refractivity contribution is 7.15. The zero-order valence-corrected chi connectivity index (χ0v) is 17.7. The molecule has 0 saturated heterocycles. The summed E-state index contributed by atoms with van der Waals surface area (Å²) >= 11 is 1.14. The summed E-state index contributed by atoms with van der Waals surface area (Å²) in [6.07, 6.45) is 1.25. The number of nitro groups is 1. The SMILES string of the molecule is CCOC(=O)c1c(-c2ccccc2)csc1NC(=O)C(C#N)=Cc1cccc([N+](=O)[O-])c1. The van der Waals surface area contributed by atoms with E-state index in [1.54, 1.807) is 24.4 Å². The minimum absolute atomic E-state index is 0.159. The number of nitrogens with zero attached hydrogens (tertiary/aromatic N) is 2. The number of ether oxygens (including phenoxy) is 1. The van der Waals surface area contributed by atoms with Gasteiger partial charge in [0, 0.05) is 23.1 Å². The highest BCUT2D eigenvalue weighted by Gasteiger charge is 2.23. The largest absolute Gasteiger partial charge is 0.462 e. The number of esters is 1. The van der Waals surface area contributed by atoms with Crippen LogP contribution in [-0.2, 0) is 9.53 Å². The lowest BCUT2D eigenvalue weighted by molar-refractivity contribution is -0.384. The van der Waals surface area contributed by atoms with Crippen LogP contribution in [0.25, 0.3) is 17.2 Å². The first-order valence-electron chi connectivity index (χ1n) is 9.46. The molecule has 0 saturated carbocycles. The maximum atomic E-state index is 12.8. The van der Waals surface area contributed by atoms with Crippen molar-refractivity contribution in [2.45, 2.75) is 6.92 Å². The Morgan fingerprint density at radius 3 is 2.62 bits per heavy atom. The van der Waals surface area contributed by atoms with Crippen molar-refractivity contribution in [3.05, 3.63) is 86.8 Å². The highest BCUT2D eigenvalue weighted by atomic mass is 32.1. The molecule has 1 heterocycles. The molecular weight excluding hydrogens is 430 g/mol. The molecule has 2 aromatic carbocycles. The molecule has 0 unspecified atom stereocenters. The van der Waals surface area contributed by atoms with E-state index in [1.165, 1.54) is 24.3 Å². The van der Waals surface area contributed by atoms with Crippen LogP contribution in [0.3, 0.4) is 0 Å². The molecule has 0 spiro atoms. The molecule has 0 aliphatic heterocycles. The van der Waals surface area contributed by atoms with Gasteiger partial charge in [-0.25, -0.2) is 4.79 Å². The third-order valence-corrected chi connectivity index (χ3v) is 5.23. The Labute approximate surface area is 187 Å². The molecule has 32 heavy (non-hydrogen) atoms. The average molecular weight is 447 g/mol. The smallest absolute Gasteiger partial charge is 0.341 e. The minimum Gasteiger partial charge on any atom is -0.462 e. The minimum atomic E-state index is -0.744. The van der Waals surface area contributed by atoms with Crippen LogP contribution in [0.5, 0.6) is 0 Å². The van der Waals surface area contributed by atoms with Crippen LogP contribution in [-0.4, -0.2) is 23.4 Å². The van der Waals surface area contributed by atoms with E-state index >= 15 is 0 Å². The van der Waals surface area contributed by atoms with Crippen LogP contribution in [0.2, 0.25) is 0 Å². The maximum absolute atomic E-state index is 12.8. The molecule has 0 bridgehead atoms. The van der Waals surface area contributed by atoms with E-state index in [4.69, 9.17) is 4.74 Å². The van der Waals surface area contributed by atoms with E-state index in [-0.39, 0.29) is 28.4 Å². The van der Waals surface area contributed by atoms with Crippen LogP contribution >= 0.6 is 11.3 Å². The predicted molar refractivity (Wildman–Crippen MR) is 121 cm³/mol. The molecule has 1 aromatic heterocycles. The number of amides is 1. The number of nitro benzene ring substituents is 1. The first-order chi connectivity index (χ1) is 15.4. The molecule has 3 aromatic rings. The molecule has 0 fully saturated rings. The number of nitriles is 1. The van der Waals surface area contributed by atoms with Gasteiger partial charge in [0.15, 0.2) is 0 Å². The number of thiophene rings is 1. The Kier molecular flexibility index (Phi) is 7.10. The molecule has 3 rings (SSSR count). The standard InChI is InChI=1S/C23H17N3O5S/c1-2-31-23(28)20-19(16-8-4-3-5-9-16)14-32-22(20)25-21(27)17(13-24)11-15-7-6-10-18(12-15)26(29)30/h3-12,14H,2H2,1H3,(H,25,27). The lowest BCUT2D eigenvalue weighted by Gasteiger charge is -2.08. The molecule has 0 atom stereocenters.